The minimum absolute atomic E-state index is 0.00794. The lowest BCUT2D eigenvalue weighted by Gasteiger charge is -2.33. The van der Waals surface area contributed by atoms with E-state index in [9.17, 15) is 18.0 Å². The van der Waals surface area contributed by atoms with E-state index in [2.05, 4.69) is 26.1 Å². The molecule has 1 saturated heterocycles. The molecule has 0 aromatic carbocycles. The van der Waals surface area contributed by atoms with Crippen molar-refractivity contribution in [3.63, 3.8) is 0 Å². The number of rotatable bonds is 3. The second-order valence-electron chi connectivity index (χ2n) is 9.04. The summed E-state index contributed by atoms with van der Waals surface area (Å²) in [7, 11) is -3.04. The summed E-state index contributed by atoms with van der Waals surface area (Å²) in [6.07, 6.45) is 3.15. The van der Waals surface area contributed by atoms with Crippen molar-refractivity contribution < 1.29 is 18.0 Å². The van der Waals surface area contributed by atoms with Crippen molar-refractivity contribution in [1.29, 1.82) is 0 Å². The van der Waals surface area contributed by atoms with Crippen LogP contribution in [0.5, 0.6) is 0 Å². The second-order valence-corrected chi connectivity index (χ2v) is 12.5. The van der Waals surface area contributed by atoms with Crippen molar-refractivity contribution in [3.8, 4) is 0 Å². The van der Waals surface area contributed by atoms with E-state index < -0.39 is 15.9 Å². The normalized spacial score (nSPS) is 23.0. The Morgan fingerprint density at radius 1 is 1.25 bits per heavy atom. The lowest BCUT2D eigenvalue weighted by atomic mass is 9.72. The number of amides is 2. The third-order valence-corrected chi connectivity index (χ3v) is 8.75. The first-order valence-corrected chi connectivity index (χ1v) is 12.5. The monoisotopic (exact) mass is 426 g/mol. The van der Waals surface area contributed by atoms with E-state index in [-0.39, 0.29) is 41.8 Å². The number of carbonyl (C=O) groups is 2. The fourth-order valence-corrected chi connectivity index (χ4v) is 6.22. The van der Waals surface area contributed by atoms with Crippen LogP contribution in [-0.2, 0) is 27.5 Å². The molecule has 1 N–H and O–H groups in total. The number of aryl methyl sites for hydroxylation is 1. The maximum Gasteiger partial charge on any atom is 0.262 e. The summed E-state index contributed by atoms with van der Waals surface area (Å²) < 4.78 is 23.1. The number of nitrogens with one attached hydrogen (secondary N) is 1. The molecule has 1 aliphatic carbocycles. The van der Waals surface area contributed by atoms with Gasteiger partial charge in [0.1, 0.15) is 6.04 Å². The minimum atomic E-state index is -3.04. The molecule has 2 unspecified atom stereocenters. The van der Waals surface area contributed by atoms with Gasteiger partial charge in [0, 0.05) is 18.0 Å². The Labute approximate surface area is 171 Å². The fourth-order valence-electron chi connectivity index (χ4n) is 3.91. The van der Waals surface area contributed by atoms with Crippen LogP contribution in [0.15, 0.2) is 6.07 Å². The topological polar surface area (TPSA) is 83.6 Å². The van der Waals surface area contributed by atoms with Gasteiger partial charge in [-0.1, -0.05) is 20.8 Å². The Hall–Kier alpha value is -1.41. The van der Waals surface area contributed by atoms with Gasteiger partial charge in [-0.25, -0.2) is 8.42 Å². The van der Waals surface area contributed by atoms with Crippen molar-refractivity contribution in [3.05, 3.63) is 21.4 Å². The first-order chi connectivity index (χ1) is 13.0. The molecule has 1 aromatic heterocycles. The Balaban J connectivity index is 1.61. The van der Waals surface area contributed by atoms with Crippen LogP contribution in [0.2, 0.25) is 0 Å². The van der Waals surface area contributed by atoms with Crippen LogP contribution in [-0.4, -0.2) is 55.8 Å². The number of fused-ring (bicyclic) bond motifs is 1. The molecule has 1 aromatic rings. The summed E-state index contributed by atoms with van der Waals surface area (Å²) in [5.74, 6) is 0.147. The van der Waals surface area contributed by atoms with Crippen molar-refractivity contribution in [2.75, 3.05) is 24.6 Å². The van der Waals surface area contributed by atoms with Gasteiger partial charge in [0.15, 0.2) is 9.84 Å². The molecule has 2 amide bonds. The fraction of sp³-hybridized carbons (Fsp3) is 0.700. The van der Waals surface area contributed by atoms with Gasteiger partial charge in [0.05, 0.1) is 16.4 Å². The molecular formula is C20H30N2O4S2. The zero-order valence-electron chi connectivity index (χ0n) is 17.1. The van der Waals surface area contributed by atoms with Gasteiger partial charge >= 0.3 is 0 Å². The summed E-state index contributed by atoms with van der Waals surface area (Å²) >= 11 is 1.53. The van der Waals surface area contributed by atoms with Crippen LogP contribution in [0.25, 0.3) is 0 Å². The van der Waals surface area contributed by atoms with Crippen LogP contribution < -0.4 is 5.32 Å². The van der Waals surface area contributed by atoms with E-state index in [1.54, 1.807) is 6.92 Å². The van der Waals surface area contributed by atoms with Crippen molar-refractivity contribution in [2.45, 2.75) is 53.0 Å². The molecule has 0 spiro atoms. The quantitative estimate of drug-likeness (QED) is 0.804. The van der Waals surface area contributed by atoms with E-state index in [0.717, 1.165) is 19.3 Å². The molecule has 1 fully saturated rings. The average molecular weight is 427 g/mol. The van der Waals surface area contributed by atoms with Crippen molar-refractivity contribution in [1.82, 2.24) is 10.2 Å². The lowest BCUT2D eigenvalue weighted by Crippen LogP contribution is -2.51. The first kappa shape index (κ1) is 21.3. The molecule has 28 heavy (non-hydrogen) atoms. The lowest BCUT2D eigenvalue weighted by molar-refractivity contribution is -0.132. The number of thiophene rings is 1. The zero-order valence-corrected chi connectivity index (χ0v) is 18.7. The Kier molecular flexibility index (Phi) is 5.92. The molecule has 1 aliphatic heterocycles. The number of sulfone groups is 1. The van der Waals surface area contributed by atoms with Gasteiger partial charge < -0.3 is 10.2 Å². The molecule has 8 heteroatoms. The minimum Gasteiger partial charge on any atom is -0.340 e. The highest BCUT2D eigenvalue weighted by Crippen LogP contribution is 2.40. The standard InChI is InChI=1S/C20H30N2O4S2/c1-13(19(24)22-7-9-28(25,26)10-8-22)21-18(23)17-12-14-11-15(20(2,3)4)5-6-16(14)27-17/h12-13,15H,5-11H2,1-4H3,(H,21,23). The van der Waals surface area contributed by atoms with E-state index >= 15 is 0 Å². The maximum atomic E-state index is 12.7. The number of carbonyl (C=O) groups excluding carboxylic acids is 2. The summed E-state index contributed by atoms with van der Waals surface area (Å²) in [4.78, 5) is 28.7. The highest BCUT2D eigenvalue weighted by atomic mass is 32.2. The van der Waals surface area contributed by atoms with Crippen LogP contribution in [0.4, 0.5) is 0 Å². The molecule has 2 atom stereocenters. The third kappa shape index (κ3) is 4.76. The Morgan fingerprint density at radius 2 is 1.89 bits per heavy atom. The predicted molar refractivity (Wildman–Crippen MR) is 111 cm³/mol. The summed E-state index contributed by atoms with van der Waals surface area (Å²) in [6, 6.07) is 1.31. The number of hydrogen-bond acceptors (Lipinski definition) is 5. The smallest absolute Gasteiger partial charge is 0.262 e. The van der Waals surface area contributed by atoms with Crippen molar-refractivity contribution in [2.24, 2.45) is 11.3 Å². The Bertz CT molecular complexity index is 853. The number of nitrogens with zero attached hydrogens (tertiary/aromatic N) is 1. The number of hydrogen-bond donors (Lipinski definition) is 1. The third-order valence-electron chi connectivity index (χ3n) is 5.91. The van der Waals surface area contributed by atoms with E-state index in [4.69, 9.17) is 0 Å². The van der Waals surface area contributed by atoms with Crippen LogP contribution in [0.3, 0.4) is 0 Å². The van der Waals surface area contributed by atoms with Crippen LogP contribution in [0, 0.1) is 11.3 Å². The van der Waals surface area contributed by atoms with Crippen LogP contribution >= 0.6 is 11.3 Å². The molecule has 2 aliphatic rings. The summed E-state index contributed by atoms with van der Waals surface area (Å²) in [5.41, 5.74) is 1.52. The van der Waals surface area contributed by atoms with Gasteiger partial charge in [-0.2, -0.15) is 0 Å². The molecule has 0 bridgehead atoms. The molecule has 6 nitrogen and oxygen atoms in total. The highest BCUT2D eigenvalue weighted by molar-refractivity contribution is 7.91. The van der Waals surface area contributed by atoms with Gasteiger partial charge in [-0.05, 0) is 49.1 Å². The van der Waals surface area contributed by atoms with E-state index in [1.807, 2.05) is 6.07 Å². The molecule has 0 radical (unpaired) electrons. The van der Waals surface area contributed by atoms with Gasteiger partial charge in [0.25, 0.3) is 5.91 Å². The average Bonchev–Trinajstić information content (AvgIpc) is 3.03. The molecular weight excluding hydrogens is 396 g/mol. The second kappa shape index (κ2) is 7.78. The first-order valence-electron chi connectivity index (χ1n) is 9.88. The maximum absolute atomic E-state index is 12.7. The van der Waals surface area contributed by atoms with Gasteiger partial charge in [0.2, 0.25) is 5.91 Å². The summed E-state index contributed by atoms with van der Waals surface area (Å²) in [5, 5.41) is 2.80. The zero-order chi connectivity index (χ0) is 20.7. The largest absolute Gasteiger partial charge is 0.340 e. The molecule has 2 heterocycles. The molecule has 0 saturated carbocycles. The SMILES string of the molecule is CC(NC(=O)c1cc2c(s1)CCC(C(C)(C)C)C2)C(=O)N1CCS(=O)(=O)CC1. The van der Waals surface area contributed by atoms with E-state index in [0.29, 0.717) is 10.8 Å². The van der Waals surface area contributed by atoms with Crippen LogP contribution in [0.1, 0.15) is 54.2 Å². The highest BCUT2D eigenvalue weighted by Gasteiger charge is 2.32. The molecule has 3 rings (SSSR count). The van der Waals surface area contributed by atoms with Crippen molar-refractivity contribution >= 4 is 33.0 Å². The van der Waals surface area contributed by atoms with Gasteiger partial charge in [-0.15, -0.1) is 11.3 Å². The van der Waals surface area contributed by atoms with E-state index in [1.165, 1.54) is 26.7 Å². The molecule has 156 valence electrons. The predicted octanol–water partition coefficient (Wildman–Crippen LogP) is 2.27. The van der Waals surface area contributed by atoms with Gasteiger partial charge in [-0.3, -0.25) is 9.59 Å². The Morgan fingerprint density at radius 3 is 2.50 bits per heavy atom. The summed E-state index contributed by atoms with van der Waals surface area (Å²) in [6.45, 7) is 8.85.